The van der Waals surface area contributed by atoms with Gasteiger partial charge in [-0.15, -0.1) is 0 Å². The maximum atomic E-state index is 8.71. The molecule has 0 atom stereocenters. The summed E-state index contributed by atoms with van der Waals surface area (Å²) in [5.41, 5.74) is 7.36. The molecule has 0 unspecified atom stereocenters. The summed E-state index contributed by atoms with van der Waals surface area (Å²) in [6.07, 6.45) is 0.247. The third-order valence-electron chi connectivity index (χ3n) is 2.45. The van der Waals surface area contributed by atoms with Crippen LogP contribution in [0, 0.1) is 0 Å². The number of nitrogens with zero attached hydrogens (tertiary/aromatic N) is 1. The molecule has 0 bridgehead atoms. The molecule has 0 amide bonds. The molecule has 100 valence electrons. The maximum absolute atomic E-state index is 8.71. The number of rotatable bonds is 7. The van der Waals surface area contributed by atoms with Gasteiger partial charge in [0.1, 0.15) is 0 Å². The minimum absolute atomic E-state index is 0.130. The number of amidine groups is 1. The van der Waals surface area contributed by atoms with Crippen LogP contribution in [-0.2, 0) is 11.3 Å². The second-order valence-electron chi connectivity index (χ2n) is 4.24. The fourth-order valence-corrected chi connectivity index (χ4v) is 1.57. The molecule has 0 saturated carbocycles. The molecule has 5 heteroatoms. The fraction of sp³-hybridized carbons (Fsp3) is 0.462. The molecule has 0 aliphatic rings. The van der Waals surface area contributed by atoms with Gasteiger partial charge >= 0.3 is 0 Å². The van der Waals surface area contributed by atoms with Gasteiger partial charge in [0, 0.05) is 18.7 Å². The number of nitrogens with two attached hydrogens (primary N) is 1. The number of ether oxygens (including phenoxy) is 1. The first kappa shape index (κ1) is 14.5. The summed E-state index contributed by atoms with van der Waals surface area (Å²) in [5, 5.41) is 15.0. The van der Waals surface area contributed by atoms with Crippen molar-refractivity contribution in [3.05, 3.63) is 35.4 Å². The standard InChI is InChI=1S/C13H21N3O2/c1-10(2)18-8-7-15-9-11-5-3-4-6-12(11)13(14)16-17/h3-6,10,15,17H,7-9H2,1-2H3,(H2,14,16). The van der Waals surface area contributed by atoms with Crippen LogP contribution in [0.2, 0.25) is 0 Å². The lowest BCUT2D eigenvalue weighted by Crippen LogP contribution is -2.23. The predicted octanol–water partition coefficient (Wildman–Crippen LogP) is 1.30. The van der Waals surface area contributed by atoms with E-state index >= 15 is 0 Å². The second-order valence-corrected chi connectivity index (χ2v) is 4.24. The van der Waals surface area contributed by atoms with Crippen molar-refractivity contribution in [2.75, 3.05) is 13.2 Å². The molecule has 1 aromatic rings. The first-order chi connectivity index (χ1) is 8.65. The summed E-state index contributed by atoms with van der Waals surface area (Å²) in [5.74, 6) is 0.130. The zero-order valence-corrected chi connectivity index (χ0v) is 10.9. The van der Waals surface area contributed by atoms with E-state index in [2.05, 4.69) is 10.5 Å². The highest BCUT2D eigenvalue weighted by Gasteiger charge is 2.05. The highest BCUT2D eigenvalue weighted by Crippen LogP contribution is 2.07. The molecular formula is C13H21N3O2. The Morgan fingerprint density at radius 1 is 1.44 bits per heavy atom. The largest absolute Gasteiger partial charge is 0.409 e. The molecule has 5 nitrogen and oxygen atoms in total. The van der Waals surface area contributed by atoms with E-state index in [-0.39, 0.29) is 11.9 Å². The van der Waals surface area contributed by atoms with Gasteiger partial charge in [0.25, 0.3) is 0 Å². The highest BCUT2D eigenvalue weighted by atomic mass is 16.5. The Balaban J connectivity index is 2.47. The van der Waals surface area contributed by atoms with Crippen molar-refractivity contribution in [3.8, 4) is 0 Å². The van der Waals surface area contributed by atoms with Crippen LogP contribution in [0.25, 0.3) is 0 Å². The first-order valence-electron chi connectivity index (χ1n) is 6.03. The van der Waals surface area contributed by atoms with E-state index in [1.54, 1.807) is 0 Å². The zero-order chi connectivity index (χ0) is 13.4. The van der Waals surface area contributed by atoms with Crippen molar-refractivity contribution in [1.82, 2.24) is 5.32 Å². The van der Waals surface area contributed by atoms with Crippen molar-refractivity contribution in [2.45, 2.75) is 26.5 Å². The Morgan fingerprint density at radius 3 is 2.83 bits per heavy atom. The van der Waals surface area contributed by atoms with Crippen LogP contribution < -0.4 is 11.1 Å². The van der Waals surface area contributed by atoms with Gasteiger partial charge < -0.3 is 21.0 Å². The zero-order valence-electron chi connectivity index (χ0n) is 10.9. The summed E-state index contributed by atoms with van der Waals surface area (Å²) < 4.78 is 5.43. The van der Waals surface area contributed by atoms with Gasteiger partial charge in [0.15, 0.2) is 5.84 Å². The Bertz CT molecular complexity index is 392. The summed E-state index contributed by atoms with van der Waals surface area (Å²) in [7, 11) is 0. The Kier molecular flexibility index (Phi) is 6.18. The third-order valence-corrected chi connectivity index (χ3v) is 2.45. The van der Waals surface area contributed by atoms with Gasteiger partial charge in [-0.2, -0.15) is 0 Å². The van der Waals surface area contributed by atoms with Crippen LogP contribution in [0.3, 0.4) is 0 Å². The summed E-state index contributed by atoms with van der Waals surface area (Å²) in [6.45, 7) is 6.11. The highest BCUT2D eigenvalue weighted by molar-refractivity contribution is 5.98. The van der Waals surface area contributed by atoms with Crippen LogP contribution in [-0.4, -0.2) is 30.3 Å². The maximum Gasteiger partial charge on any atom is 0.170 e. The van der Waals surface area contributed by atoms with E-state index in [1.165, 1.54) is 0 Å². The second kappa shape index (κ2) is 7.68. The van der Waals surface area contributed by atoms with Crippen molar-refractivity contribution in [1.29, 1.82) is 0 Å². The van der Waals surface area contributed by atoms with Crippen LogP contribution in [0.5, 0.6) is 0 Å². The minimum atomic E-state index is 0.130. The van der Waals surface area contributed by atoms with Gasteiger partial charge in [-0.3, -0.25) is 0 Å². The molecule has 0 radical (unpaired) electrons. The lowest BCUT2D eigenvalue weighted by atomic mass is 10.1. The number of hydrogen-bond acceptors (Lipinski definition) is 4. The summed E-state index contributed by atoms with van der Waals surface area (Å²) in [4.78, 5) is 0. The molecule has 0 spiro atoms. The fourth-order valence-electron chi connectivity index (χ4n) is 1.57. The molecule has 0 aromatic heterocycles. The Morgan fingerprint density at radius 2 is 2.17 bits per heavy atom. The lowest BCUT2D eigenvalue weighted by Gasteiger charge is -2.11. The molecule has 1 aromatic carbocycles. The van der Waals surface area contributed by atoms with E-state index in [4.69, 9.17) is 15.7 Å². The normalized spacial score (nSPS) is 12.1. The monoisotopic (exact) mass is 251 g/mol. The first-order valence-corrected chi connectivity index (χ1v) is 6.03. The van der Waals surface area contributed by atoms with Crippen molar-refractivity contribution < 1.29 is 9.94 Å². The van der Waals surface area contributed by atoms with E-state index in [0.717, 1.165) is 17.7 Å². The lowest BCUT2D eigenvalue weighted by molar-refractivity contribution is 0.0807. The van der Waals surface area contributed by atoms with E-state index < -0.39 is 0 Å². The number of benzene rings is 1. The molecule has 0 fully saturated rings. The number of oxime groups is 1. The van der Waals surface area contributed by atoms with Crippen LogP contribution >= 0.6 is 0 Å². The van der Waals surface area contributed by atoms with Gasteiger partial charge in [0.2, 0.25) is 0 Å². The SMILES string of the molecule is CC(C)OCCNCc1ccccc1/C(N)=N/O. The van der Waals surface area contributed by atoms with Gasteiger partial charge in [-0.1, -0.05) is 29.4 Å². The number of nitrogens with one attached hydrogen (secondary N) is 1. The minimum Gasteiger partial charge on any atom is -0.409 e. The van der Waals surface area contributed by atoms with Crippen molar-refractivity contribution in [2.24, 2.45) is 10.9 Å². The molecule has 1 rings (SSSR count). The molecule has 0 heterocycles. The summed E-state index contributed by atoms with van der Waals surface area (Å²) in [6, 6.07) is 7.56. The van der Waals surface area contributed by atoms with Crippen molar-refractivity contribution in [3.63, 3.8) is 0 Å². The average molecular weight is 251 g/mol. The van der Waals surface area contributed by atoms with Crippen LogP contribution in [0.4, 0.5) is 0 Å². The third kappa shape index (κ3) is 4.73. The summed E-state index contributed by atoms with van der Waals surface area (Å²) >= 11 is 0. The molecule has 18 heavy (non-hydrogen) atoms. The van der Waals surface area contributed by atoms with E-state index in [1.807, 2.05) is 38.1 Å². The van der Waals surface area contributed by atoms with Gasteiger partial charge in [0.05, 0.1) is 12.7 Å². The Hall–Kier alpha value is -1.59. The molecular weight excluding hydrogens is 230 g/mol. The average Bonchev–Trinajstić information content (AvgIpc) is 2.37. The molecule has 0 saturated heterocycles. The predicted molar refractivity (Wildman–Crippen MR) is 71.7 cm³/mol. The smallest absolute Gasteiger partial charge is 0.170 e. The van der Waals surface area contributed by atoms with Crippen molar-refractivity contribution >= 4 is 5.84 Å². The molecule has 0 aliphatic heterocycles. The molecule has 4 N–H and O–H groups in total. The molecule has 0 aliphatic carbocycles. The Labute approximate surface area is 108 Å². The van der Waals surface area contributed by atoms with Crippen LogP contribution in [0.1, 0.15) is 25.0 Å². The number of hydrogen-bond donors (Lipinski definition) is 3. The van der Waals surface area contributed by atoms with E-state index in [9.17, 15) is 0 Å². The van der Waals surface area contributed by atoms with Gasteiger partial charge in [-0.25, -0.2) is 0 Å². The topological polar surface area (TPSA) is 79.9 Å². The van der Waals surface area contributed by atoms with Gasteiger partial charge in [-0.05, 0) is 19.4 Å². The quantitative estimate of drug-likeness (QED) is 0.224. The van der Waals surface area contributed by atoms with E-state index in [0.29, 0.717) is 13.2 Å². The van der Waals surface area contributed by atoms with Crippen LogP contribution in [0.15, 0.2) is 29.4 Å².